The molecule has 5 atom stereocenters. The van der Waals surface area contributed by atoms with Crippen molar-refractivity contribution in [2.75, 3.05) is 0 Å². The van der Waals surface area contributed by atoms with Crippen LogP contribution in [0.15, 0.2) is 0 Å². The fourth-order valence-electron chi connectivity index (χ4n) is 3.84. The summed E-state index contributed by atoms with van der Waals surface area (Å²) in [6, 6.07) is 0. The zero-order valence-corrected chi connectivity index (χ0v) is 12.1. The van der Waals surface area contributed by atoms with Gasteiger partial charge in [-0.25, -0.2) is 0 Å². The van der Waals surface area contributed by atoms with Crippen LogP contribution >= 0.6 is 0 Å². The summed E-state index contributed by atoms with van der Waals surface area (Å²) in [7, 11) is 0. The molecule has 1 saturated heterocycles. The minimum Gasteiger partial charge on any atom is -0.458 e. The van der Waals surface area contributed by atoms with Crippen LogP contribution in [0.4, 0.5) is 26.3 Å². The van der Waals surface area contributed by atoms with E-state index in [4.69, 9.17) is 4.74 Å². The zero-order chi connectivity index (χ0) is 18.3. The fraction of sp³-hybridized carbons (Fsp3) is 0.846. The van der Waals surface area contributed by atoms with Gasteiger partial charge in [0.05, 0.1) is 6.10 Å². The van der Waals surface area contributed by atoms with Gasteiger partial charge in [-0.2, -0.15) is 26.3 Å². The molecule has 2 saturated carbocycles. The van der Waals surface area contributed by atoms with E-state index in [0.717, 1.165) is 0 Å². The maximum absolute atomic E-state index is 12.9. The molecule has 0 aromatic heterocycles. The number of hydrogen-bond donors (Lipinski definition) is 1. The monoisotopic (exact) mass is 362 g/mol. The summed E-state index contributed by atoms with van der Waals surface area (Å²) < 4.78 is 86.0. The Labute approximate surface area is 130 Å². The van der Waals surface area contributed by atoms with Crippen LogP contribution in [-0.4, -0.2) is 47.2 Å². The SMILES string of the molecule is CC(OC(=O)C12CC3CC1C(OC2=O)C3O)(C(F)(F)F)C(F)(F)F. The van der Waals surface area contributed by atoms with Gasteiger partial charge in [0.2, 0.25) is 0 Å². The van der Waals surface area contributed by atoms with E-state index in [1.807, 2.05) is 0 Å². The van der Waals surface area contributed by atoms with Crippen LogP contribution in [-0.2, 0) is 19.1 Å². The molecule has 3 fully saturated rings. The van der Waals surface area contributed by atoms with Gasteiger partial charge in [-0.15, -0.1) is 0 Å². The van der Waals surface area contributed by atoms with Gasteiger partial charge in [0.15, 0.2) is 5.41 Å². The number of carbonyl (C=O) groups is 2. The largest absolute Gasteiger partial charge is 0.458 e. The minimum absolute atomic E-state index is 0.0986. The second-order valence-electron chi connectivity index (χ2n) is 6.56. The Morgan fingerprint density at radius 3 is 2.25 bits per heavy atom. The molecule has 5 unspecified atom stereocenters. The molecular formula is C13H12F6O5. The Hall–Kier alpha value is -1.52. The molecule has 0 radical (unpaired) electrons. The van der Waals surface area contributed by atoms with Gasteiger partial charge in [0.25, 0.3) is 5.60 Å². The van der Waals surface area contributed by atoms with Crippen LogP contribution in [0.25, 0.3) is 0 Å². The summed E-state index contributed by atoms with van der Waals surface area (Å²) in [5.74, 6) is -4.75. The molecule has 0 aromatic carbocycles. The highest BCUT2D eigenvalue weighted by Crippen LogP contribution is 2.63. The number of rotatable bonds is 2. The highest BCUT2D eigenvalue weighted by molar-refractivity contribution is 6.03. The molecule has 136 valence electrons. The van der Waals surface area contributed by atoms with Gasteiger partial charge < -0.3 is 14.6 Å². The summed E-state index contributed by atoms with van der Waals surface area (Å²) in [6.45, 7) is -0.304. The number of halogens is 6. The lowest BCUT2D eigenvalue weighted by atomic mass is 9.73. The number of alkyl halides is 6. The molecule has 1 aliphatic heterocycles. The first-order valence-electron chi connectivity index (χ1n) is 7.02. The van der Waals surface area contributed by atoms with Crippen LogP contribution in [0.2, 0.25) is 0 Å². The van der Waals surface area contributed by atoms with Crippen LogP contribution in [0.5, 0.6) is 0 Å². The van der Waals surface area contributed by atoms with E-state index in [-0.39, 0.29) is 13.3 Å². The predicted molar refractivity (Wildman–Crippen MR) is 61.1 cm³/mol. The van der Waals surface area contributed by atoms with Crippen LogP contribution < -0.4 is 0 Å². The Balaban J connectivity index is 1.94. The summed E-state index contributed by atoms with van der Waals surface area (Å²) in [5, 5.41) is 9.82. The predicted octanol–water partition coefficient (Wildman–Crippen LogP) is 1.73. The first kappa shape index (κ1) is 17.3. The lowest BCUT2D eigenvalue weighted by molar-refractivity contribution is -0.364. The number of fused-ring (bicyclic) bond motifs is 1. The third kappa shape index (κ3) is 1.87. The fourth-order valence-corrected chi connectivity index (χ4v) is 3.84. The molecule has 24 heavy (non-hydrogen) atoms. The molecule has 1 N–H and O–H groups in total. The number of ether oxygens (including phenoxy) is 2. The summed E-state index contributed by atoms with van der Waals surface area (Å²) in [4.78, 5) is 24.2. The summed E-state index contributed by atoms with van der Waals surface area (Å²) in [5.41, 5.74) is -6.96. The highest BCUT2D eigenvalue weighted by Gasteiger charge is 2.77. The highest BCUT2D eigenvalue weighted by atomic mass is 19.4. The van der Waals surface area contributed by atoms with Crippen molar-refractivity contribution in [1.29, 1.82) is 0 Å². The van der Waals surface area contributed by atoms with Crippen molar-refractivity contribution in [2.45, 2.75) is 49.9 Å². The smallest absolute Gasteiger partial charge is 0.437 e. The number of aliphatic hydroxyl groups excluding tert-OH is 1. The van der Waals surface area contributed by atoms with Gasteiger partial charge in [-0.05, 0) is 25.7 Å². The molecule has 0 spiro atoms. The normalized spacial score (nSPS) is 38.4. The number of hydrogen-bond acceptors (Lipinski definition) is 5. The topological polar surface area (TPSA) is 72.8 Å². The van der Waals surface area contributed by atoms with Gasteiger partial charge in [-0.1, -0.05) is 0 Å². The van der Waals surface area contributed by atoms with Gasteiger partial charge in [-0.3, -0.25) is 9.59 Å². The Morgan fingerprint density at radius 2 is 1.79 bits per heavy atom. The first-order valence-corrected chi connectivity index (χ1v) is 7.02. The van der Waals surface area contributed by atoms with Gasteiger partial charge in [0, 0.05) is 5.92 Å². The van der Waals surface area contributed by atoms with Gasteiger partial charge >= 0.3 is 24.3 Å². The molecular weight excluding hydrogens is 350 g/mol. The molecule has 2 bridgehead atoms. The molecule has 2 aliphatic carbocycles. The lowest BCUT2D eigenvalue weighted by Gasteiger charge is -2.36. The van der Waals surface area contributed by atoms with E-state index in [1.54, 1.807) is 0 Å². The second kappa shape index (κ2) is 4.55. The number of carbonyl (C=O) groups excluding carboxylic acids is 2. The summed E-state index contributed by atoms with van der Waals surface area (Å²) in [6.07, 6.45) is -14.3. The van der Waals surface area contributed by atoms with E-state index in [1.165, 1.54) is 0 Å². The van der Waals surface area contributed by atoms with Crippen molar-refractivity contribution in [3.05, 3.63) is 0 Å². The Kier molecular flexibility index (Phi) is 3.28. The van der Waals surface area contributed by atoms with Crippen molar-refractivity contribution < 1.29 is 50.5 Å². The van der Waals surface area contributed by atoms with E-state index < -0.39 is 65.8 Å². The molecule has 3 rings (SSSR count). The van der Waals surface area contributed by atoms with Crippen molar-refractivity contribution in [3.63, 3.8) is 0 Å². The maximum Gasteiger partial charge on any atom is 0.437 e. The third-order valence-electron chi connectivity index (χ3n) is 5.34. The van der Waals surface area contributed by atoms with E-state index in [9.17, 15) is 41.0 Å². The van der Waals surface area contributed by atoms with Crippen LogP contribution in [0.1, 0.15) is 19.8 Å². The Bertz CT molecular complexity index is 585. The van der Waals surface area contributed by atoms with Crippen molar-refractivity contribution in [2.24, 2.45) is 17.3 Å². The van der Waals surface area contributed by atoms with E-state index >= 15 is 0 Å². The average Bonchev–Trinajstić information content (AvgIpc) is 2.99. The summed E-state index contributed by atoms with van der Waals surface area (Å²) >= 11 is 0. The zero-order valence-electron chi connectivity index (χ0n) is 12.1. The van der Waals surface area contributed by atoms with E-state index in [0.29, 0.717) is 0 Å². The quantitative estimate of drug-likeness (QED) is 0.460. The van der Waals surface area contributed by atoms with Crippen molar-refractivity contribution in [1.82, 2.24) is 0 Å². The minimum atomic E-state index is -5.92. The van der Waals surface area contributed by atoms with Crippen molar-refractivity contribution in [3.8, 4) is 0 Å². The Morgan fingerprint density at radius 1 is 1.25 bits per heavy atom. The lowest BCUT2D eigenvalue weighted by Crippen LogP contribution is -2.59. The number of esters is 2. The average molecular weight is 362 g/mol. The molecule has 11 heteroatoms. The standard InChI is InChI=1S/C13H12F6O5/c1-10(12(14,15)16,13(17,18)19)24-9(22)11-3-4-2-5(11)7(6(4)20)23-8(11)21/h4-7,20H,2-3H2,1H3. The molecule has 5 nitrogen and oxygen atoms in total. The van der Waals surface area contributed by atoms with E-state index in [2.05, 4.69) is 4.74 Å². The molecule has 0 aromatic rings. The first-order chi connectivity index (χ1) is 10.8. The van der Waals surface area contributed by atoms with Gasteiger partial charge in [0.1, 0.15) is 6.10 Å². The van der Waals surface area contributed by atoms with Crippen LogP contribution in [0.3, 0.4) is 0 Å². The molecule has 0 amide bonds. The third-order valence-corrected chi connectivity index (χ3v) is 5.34. The second-order valence-corrected chi connectivity index (χ2v) is 6.56. The molecule has 3 aliphatic rings. The van der Waals surface area contributed by atoms with Crippen molar-refractivity contribution >= 4 is 11.9 Å². The molecule has 1 heterocycles. The maximum atomic E-state index is 12.9. The van der Waals surface area contributed by atoms with Crippen LogP contribution in [0, 0.1) is 17.3 Å². The number of aliphatic hydroxyl groups is 1.